The van der Waals surface area contributed by atoms with Crippen LogP contribution in [0, 0.1) is 11.8 Å². The van der Waals surface area contributed by atoms with Gasteiger partial charge in [0.1, 0.15) is 19.0 Å². The first-order chi connectivity index (χ1) is 17.0. The second-order valence-electron chi connectivity index (χ2n) is 10.6. The molecular weight excluding hydrogens is 440 g/mol. The molecule has 0 amide bonds. The van der Waals surface area contributed by atoms with Crippen LogP contribution in [0.5, 0.6) is 5.75 Å². The maximum atomic E-state index is 8.84. The Bertz CT molecular complexity index is 782. The van der Waals surface area contributed by atoms with Crippen LogP contribution in [0.15, 0.2) is 28.2 Å². The van der Waals surface area contributed by atoms with Gasteiger partial charge in [0, 0.05) is 17.7 Å². The molecule has 0 radical (unpaired) electrons. The molecule has 0 saturated carbocycles. The zero-order valence-electron chi connectivity index (χ0n) is 22.3. The van der Waals surface area contributed by atoms with Crippen LogP contribution in [-0.4, -0.2) is 55.4 Å². The van der Waals surface area contributed by atoms with Crippen molar-refractivity contribution in [2.24, 2.45) is 21.8 Å². The Morgan fingerprint density at radius 1 is 0.743 bits per heavy atom. The molecule has 0 fully saturated rings. The molecule has 0 unspecified atom stereocenters. The molecule has 35 heavy (non-hydrogen) atoms. The number of aliphatic imine (C=N–C) groups is 2. The van der Waals surface area contributed by atoms with Gasteiger partial charge in [0.25, 0.3) is 0 Å². The van der Waals surface area contributed by atoms with Gasteiger partial charge < -0.3 is 19.3 Å². The lowest BCUT2D eigenvalue weighted by molar-refractivity contribution is 0.282. The second-order valence-corrected chi connectivity index (χ2v) is 10.6. The molecule has 0 aliphatic carbocycles. The van der Waals surface area contributed by atoms with Crippen LogP contribution in [-0.2, 0) is 9.47 Å². The number of unbranched alkanes of at least 4 members (excludes halogenated alkanes) is 8. The maximum absolute atomic E-state index is 8.84. The molecule has 0 saturated heterocycles. The van der Waals surface area contributed by atoms with Crippen LogP contribution in [0.2, 0.25) is 0 Å². The van der Waals surface area contributed by atoms with Gasteiger partial charge in [0.05, 0.1) is 18.7 Å². The number of nitrogens with zero attached hydrogens (tertiary/aromatic N) is 2. The SMILES string of the molecule is CC(C)[C@@H]1COC(c2cc(OCCCCCCCCCCCO)cc(C3=N[C@H](C(C)C)CO3)c2)=N1. The summed E-state index contributed by atoms with van der Waals surface area (Å²) in [5.74, 6) is 3.09. The smallest absolute Gasteiger partial charge is 0.216 e. The first-order valence-electron chi connectivity index (χ1n) is 13.8. The molecule has 2 atom stereocenters. The highest BCUT2D eigenvalue weighted by atomic mass is 16.5. The number of rotatable bonds is 16. The standard InChI is InChI=1S/C29H46N2O4/c1-21(2)26-19-34-28(30-26)23-16-24(29-31-27(20-35-29)22(3)4)18-25(17-23)33-15-13-11-9-7-5-6-8-10-12-14-32/h16-18,21-22,26-27,32H,5-15,19-20H2,1-4H3/t26-,27-/m0/s1. The zero-order valence-corrected chi connectivity index (χ0v) is 22.3. The van der Waals surface area contributed by atoms with Crippen molar-refractivity contribution in [3.63, 3.8) is 0 Å². The first kappa shape index (κ1) is 27.5. The fraction of sp³-hybridized carbons (Fsp3) is 0.724. The second kappa shape index (κ2) is 14.5. The van der Waals surface area contributed by atoms with Crippen LogP contribution in [0.1, 0.15) is 96.6 Å². The van der Waals surface area contributed by atoms with Crippen molar-refractivity contribution in [3.05, 3.63) is 29.3 Å². The first-order valence-corrected chi connectivity index (χ1v) is 13.8. The summed E-state index contributed by atoms with van der Waals surface area (Å²) in [6.07, 6.45) is 10.6. The van der Waals surface area contributed by atoms with E-state index in [0.717, 1.165) is 36.1 Å². The summed E-state index contributed by atoms with van der Waals surface area (Å²) in [5.41, 5.74) is 1.86. The molecule has 1 aromatic carbocycles. The number of benzene rings is 1. The van der Waals surface area contributed by atoms with Crippen molar-refractivity contribution in [3.8, 4) is 5.75 Å². The molecule has 2 aliphatic rings. The molecule has 0 aromatic heterocycles. The Labute approximate surface area is 212 Å². The van der Waals surface area contributed by atoms with Gasteiger partial charge in [-0.15, -0.1) is 0 Å². The van der Waals surface area contributed by atoms with E-state index < -0.39 is 0 Å². The number of hydrogen-bond acceptors (Lipinski definition) is 6. The highest BCUT2D eigenvalue weighted by Gasteiger charge is 2.26. The van der Waals surface area contributed by atoms with Crippen molar-refractivity contribution < 1.29 is 19.3 Å². The normalized spacial score (nSPS) is 19.6. The summed E-state index contributed by atoms with van der Waals surface area (Å²) >= 11 is 0. The minimum Gasteiger partial charge on any atom is -0.494 e. The zero-order chi connectivity index (χ0) is 25.0. The van der Waals surface area contributed by atoms with Crippen LogP contribution in [0.4, 0.5) is 0 Å². The molecule has 0 bridgehead atoms. The lowest BCUT2D eigenvalue weighted by Gasteiger charge is -2.11. The lowest BCUT2D eigenvalue weighted by atomic mass is 10.1. The summed E-state index contributed by atoms with van der Waals surface area (Å²) in [4.78, 5) is 9.63. The largest absolute Gasteiger partial charge is 0.494 e. The molecule has 1 aromatic rings. The summed E-state index contributed by atoms with van der Waals surface area (Å²) in [6.45, 7) is 11.0. The highest BCUT2D eigenvalue weighted by Crippen LogP contribution is 2.26. The molecular formula is C29H46N2O4. The van der Waals surface area contributed by atoms with E-state index in [-0.39, 0.29) is 12.1 Å². The van der Waals surface area contributed by atoms with E-state index >= 15 is 0 Å². The summed E-state index contributed by atoms with van der Waals surface area (Å²) in [5, 5.41) is 8.84. The quantitative estimate of drug-likeness (QED) is 0.284. The Balaban J connectivity index is 1.56. The molecule has 2 heterocycles. The van der Waals surface area contributed by atoms with E-state index in [1.807, 2.05) is 12.1 Å². The van der Waals surface area contributed by atoms with E-state index in [9.17, 15) is 0 Å². The fourth-order valence-electron chi connectivity index (χ4n) is 4.35. The number of hydrogen-bond donors (Lipinski definition) is 1. The molecule has 3 rings (SSSR count). The van der Waals surface area contributed by atoms with Gasteiger partial charge in [-0.3, -0.25) is 0 Å². The van der Waals surface area contributed by atoms with Crippen molar-refractivity contribution in [2.75, 3.05) is 26.4 Å². The topological polar surface area (TPSA) is 72.6 Å². The van der Waals surface area contributed by atoms with E-state index in [1.165, 1.54) is 38.5 Å². The molecule has 6 nitrogen and oxygen atoms in total. The molecule has 1 N–H and O–H groups in total. The van der Waals surface area contributed by atoms with Crippen LogP contribution >= 0.6 is 0 Å². The Morgan fingerprint density at radius 2 is 1.20 bits per heavy atom. The van der Waals surface area contributed by atoms with E-state index in [2.05, 4.69) is 33.8 Å². The average Bonchev–Trinajstić information content (AvgIpc) is 3.53. The number of ether oxygens (including phenoxy) is 3. The van der Waals surface area contributed by atoms with E-state index in [1.54, 1.807) is 0 Å². The average molecular weight is 487 g/mol. The van der Waals surface area contributed by atoms with Crippen LogP contribution < -0.4 is 4.74 Å². The van der Waals surface area contributed by atoms with Crippen molar-refractivity contribution in [1.29, 1.82) is 0 Å². The number of aliphatic hydroxyl groups excluding tert-OH is 1. The highest BCUT2D eigenvalue weighted by molar-refractivity contribution is 6.01. The molecule has 6 heteroatoms. The van der Waals surface area contributed by atoms with Crippen LogP contribution in [0.3, 0.4) is 0 Å². The predicted molar refractivity (Wildman–Crippen MR) is 143 cm³/mol. The summed E-state index contributed by atoms with van der Waals surface area (Å²) in [7, 11) is 0. The maximum Gasteiger partial charge on any atom is 0.216 e. The van der Waals surface area contributed by atoms with E-state index in [0.29, 0.717) is 50.1 Å². The van der Waals surface area contributed by atoms with Gasteiger partial charge >= 0.3 is 0 Å². The van der Waals surface area contributed by atoms with Gasteiger partial charge in [-0.2, -0.15) is 0 Å². The minimum absolute atomic E-state index is 0.193. The third-order valence-corrected chi connectivity index (χ3v) is 6.86. The Kier molecular flexibility index (Phi) is 11.4. The van der Waals surface area contributed by atoms with E-state index in [4.69, 9.17) is 29.3 Å². The summed E-state index contributed by atoms with van der Waals surface area (Å²) < 4.78 is 18.1. The van der Waals surface area contributed by atoms with Gasteiger partial charge in [-0.05, 0) is 42.9 Å². The van der Waals surface area contributed by atoms with Gasteiger partial charge in [0.15, 0.2) is 0 Å². The fourth-order valence-corrected chi connectivity index (χ4v) is 4.35. The predicted octanol–water partition coefficient (Wildman–Crippen LogP) is 6.17. The monoisotopic (exact) mass is 486 g/mol. The lowest BCUT2D eigenvalue weighted by Crippen LogP contribution is -2.13. The number of aliphatic hydroxyl groups is 1. The van der Waals surface area contributed by atoms with Gasteiger partial charge in [0.2, 0.25) is 11.8 Å². The third kappa shape index (κ3) is 8.82. The van der Waals surface area contributed by atoms with Crippen molar-refractivity contribution in [1.82, 2.24) is 0 Å². The molecule has 196 valence electrons. The Morgan fingerprint density at radius 3 is 1.63 bits per heavy atom. The summed E-state index contributed by atoms with van der Waals surface area (Å²) in [6, 6.07) is 6.52. The van der Waals surface area contributed by atoms with Crippen LogP contribution in [0.25, 0.3) is 0 Å². The third-order valence-electron chi connectivity index (χ3n) is 6.86. The Hall–Kier alpha value is -2.08. The minimum atomic E-state index is 0.193. The molecule has 0 spiro atoms. The van der Waals surface area contributed by atoms with Crippen molar-refractivity contribution >= 4 is 11.8 Å². The van der Waals surface area contributed by atoms with Gasteiger partial charge in [-0.1, -0.05) is 72.6 Å². The van der Waals surface area contributed by atoms with Crippen molar-refractivity contribution in [2.45, 2.75) is 97.6 Å². The van der Waals surface area contributed by atoms with Gasteiger partial charge in [-0.25, -0.2) is 9.98 Å². The molecule has 2 aliphatic heterocycles.